The molecule has 3 aromatic heterocycles. The molecule has 3 heteroatoms. The summed E-state index contributed by atoms with van der Waals surface area (Å²) in [7, 11) is 0. The SMILES string of the molecule is c1csc(-c2ccnc3sccc23)c1. The predicted octanol–water partition coefficient (Wildman–Crippen LogP) is 4.02. The Morgan fingerprint density at radius 3 is 2.86 bits per heavy atom. The summed E-state index contributed by atoms with van der Waals surface area (Å²) < 4.78 is 0. The molecule has 0 amide bonds. The summed E-state index contributed by atoms with van der Waals surface area (Å²) in [5.74, 6) is 0. The Labute approximate surface area is 89.7 Å². The average Bonchev–Trinajstić information content (AvgIpc) is 2.88. The Bertz CT molecular complexity index is 551. The summed E-state index contributed by atoms with van der Waals surface area (Å²) in [6.07, 6.45) is 1.88. The molecule has 0 fully saturated rings. The highest BCUT2D eigenvalue weighted by Gasteiger charge is 2.05. The van der Waals surface area contributed by atoms with Gasteiger partial charge in [0.25, 0.3) is 0 Å². The third-order valence-electron chi connectivity index (χ3n) is 2.15. The van der Waals surface area contributed by atoms with Gasteiger partial charge in [0.1, 0.15) is 4.83 Å². The highest BCUT2D eigenvalue weighted by molar-refractivity contribution is 7.17. The summed E-state index contributed by atoms with van der Waals surface area (Å²) >= 11 is 3.46. The molecule has 0 bridgehead atoms. The lowest BCUT2D eigenvalue weighted by Gasteiger charge is -1.98. The highest BCUT2D eigenvalue weighted by Crippen LogP contribution is 2.32. The van der Waals surface area contributed by atoms with Crippen molar-refractivity contribution in [1.82, 2.24) is 4.98 Å². The first-order valence-electron chi connectivity index (χ1n) is 4.31. The molecule has 3 aromatic rings. The van der Waals surface area contributed by atoms with Gasteiger partial charge in [-0.05, 0) is 29.0 Å². The molecule has 0 spiro atoms. The number of pyridine rings is 1. The zero-order valence-electron chi connectivity index (χ0n) is 7.31. The molecule has 0 N–H and O–H groups in total. The number of aromatic nitrogens is 1. The molecule has 0 unspecified atom stereocenters. The van der Waals surface area contributed by atoms with Gasteiger partial charge in [0, 0.05) is 22.0 Å². The fourth-order valence-electron chi connectivity index (χ4n) is 1.52. The van der Waals surface area contributed by atoms with Crippen molar-refractivity contribution in [2.45, 2.75) is 0 Å². The third kappa shape index (κ3) is 1.17. The summed E-state index contributed by atoms with van der Waals surface area (Å²) in [6.45, 7) is 0. The first kappa shape index (κ1) is 8.15. The van der Waals surface area contributed by atoms with Crippen LogP contribution in [0.1, 0.15) is 0 Å². The Balaban J connectivity index is 2.36. The number of rotatable bonds is 1. The van der Waals surface area contributed by atoms with Crippen LogP contribution >= 0.6 is 22.7 Å². The monoisotopic (exact) mass is 217 g/mol. The quantitative estimate of drug-likeness (QED) is 0.600. The van der Waals surface area contributed by atoms with Crippen LogP contribution in [0.25, 0.3) is 20.7 Å². The van der Waals surface area contributed by atoms with Crippen molar-refractivity contribution in [2.75, 3.05) is 0 Å². The molecular formula is C11H7NS2. The maximum absolute atomic E-state index is 4.33. The lowest BCUT2D eigenvalue weighted by Crippen LogP contribution is -1.75. The van der Waals surface area contributed by atoms with Gasteiger partial charge in [0.05, 0.1) is 0 Å². The van der Waals surface area contributed by atoms with E-state index >= 15 is 0 Å². The van der Waals surface area contributed by atoms with Crippen LogP contribution < -0.4 is 0 Å². The molecule has 0 aliphatic heterocycles. The molecule has 0 aliphatic rings. The fourth-order valence-corrected chi connectivity index (χ4v) is 3.05. The van der Waals surface area contributed by atoms with Crippen LogP contribution in [0.2, 0.25) is 0 Å². The van der Waals surface area contributed by atoms with E-state index in [2.05, 4.69) is 40.0 Å². The van der Waals surface area contributed by atoms with Gasteiger partial charge in [0.2, 0.25) is 0 Å². The van der Waals surface area contributed by atoms with E-state index in [1.165, 1.54) is 15.8 Å². The molecule has 0 aliphatic carbocycles. The summed E-state index contributed by atoms with van der Waals surface area (Å²) in [5.41, 5.74) is 1.30. The van der Waals surface area contributed by atoms with Gasteiger partial charge in [-0.25, -0.2) is 4.98 Å². The molecule has 0 radical (unpaired) electrons. The van der Waals surface area contributed by atoms with E-state index in [0.29, 0.717) is 0 Å². The average molecular weight is 217 g/mol. The van der Waals surface area contributed by atoms with Crippen molar-refractivity contribution < 1.29 is 0 Å². The Morgan fingerprint density at radius 2 is 2.00 bits per heavy atom. The van der Waals surface area contributed by atoms with Crippen molar-refractivity contribution in [3.63, 3.8) is 0 Å². The van der Waals surface area contributed by atoms with E-state index in [0.717, 1.165) is 4.83 Å². The minimum atomic E-state index is 1.12. The maximum atomic E-state index is 4.33. The molecule has 3 heterocycles. The van der Waals surface area contributed by atoms with Gasteiger partial charge in [-0.1, -0.05) is 6.07 Å². The van der Waals surface area contributed by atoms with Crippen LogP contribution in [-0.2, 0) is 0 Å². The molecular weight excluding hydrogens is 210 g/mol. The number of hydrogen-bond acceptors (Lipinski definition) is 3. The van der Waals surface area contributed by atoms with Crippen molar-refractivity contribution in [2.24, 2.45) is 0 Å². The van der Waals surface area contributed by atoms with Gasteiger partial charge in [0.15, 0.2) is 0 Å². The minimum Gasteiger partial charge on any atom is -0.245 e. The predicted molar refractivity (Wildman–Crippen MR) is 62.9 cm³/mol. The first-order valence-corrected chi connectivity index (χ1v) is 6.07. The van der Waals surface area contributed by atoms with E-state index < -0.39 is 0 Å². The van der Waals surface area contributed by atoms with Crippen molar-refractivity contribution in [1.29, 1.82) is 0 Å². The van der Waals surface area contributed by atoms with Gasteiger partial charge < -0.3 is 0 Å². The van der Waals surface area contributed by atoms with Crippen LogP contribution in [-0.4, -0.2) is 4.98 Å². The summed E-state index contributed by atoms with van der Waals surface area (Å²) in [4.78, 5) is 6.77. The molecule has 68 valence electrons. The molecule has 14 heavy (non-hydrogen) atoms. The zero-order chi connectivity index (χ0) is 9.38. The highest BCUT2D eigenvalue weighted by atomic mass is 32.1. The first-order chi connectivity index (χ1) is 6.95. The van der Waals surface area contributed by atoms with Crippen molar-refractivity contribution in [3.05, 3.63) is 41.2 Å². The van der Waals surface area contributed by atoms with E-state index in [9.17, 15) is 0 Å². The second kappa shape index (κ2) is 3.19. The van der Waals surface area contributed by atoms with Gasteiger partial charge in [-0.2, -0.15) is 0 Å². The van der Waals surface area contributed by atoms with Gasteiger partial charge >= 0.3 is 0 Å². The summed E-state index contributed by atoms with van der Waals surface area (Å²) in [6, 6.07) is 8.46. The maximum Gasteiger partial charge on any atom is 0.123 e. The molecule has 3 rings (SSSR count). The summed E-state index contributed by atoms with van der Waals surface area (Å²) in [5, 5.41) is 5.46. The van der Waals surface area contributed by atoms with Gasteiger partial charge in [-0.15, -0.1) is 22.7 Å². The van der Waals surface area contributed by atoms with Crippen LogP contribution in [0.15, 0.2) is 41.2 Å². The van der Waals surface area contributed by atoms with Crippen molar-refractivity contribution in [3.8, 4) is 10.4 Å². The molecule has 0 saturated carbocycles. The third-order valence-corrected chi connectivity index (χ3v) is 3.88. The van der Waals surface area contributed by atoms with E-state index in [-0.39, 0.29) is 0 Å². The standard InChI is InChI=1S/C11H7NS2/c1-2-10(13-6-1)8-3-5-12-11-9(8)4-7-14-11/h1-7H. The lowest BCUT2D eigenvalue weighted by molar-refractivity contribution is 1.45. The topological polar surface area (TPSA) is 12.9 Å². The molecule has 0 atom stereocenters. The van der Waals surface area contributed by atoms with E-state index in [1.807, 2.05) is 6.20 Å². The number of nitrogens with zero attached hydrogens (tertiary/aromatic N) is 1. The Morgan fingerprint density at radius 1 is 1.00 bits per heavy atom. The Hall–Kier alpha value is -1.19. The second-order valence-electron chi connectivity index (χ2n) is 2.98. The largest absolute Gasteiger partial charge is 0.245 e. The van der Waals surface area contributed by atoms with Crippen LogP contribution in [0.5, 0.6) is 0 Å². The smallest absolute Gasteiger partial charge is 0.123 e. The van der Waals surface area contributed by atoms with Crippen LogP contribution in [0.4, 0.5) is 0 Å². The zero-order valence-corrected chi connectivity index (χ0v) is 8.94. The van der Waals surface area contributed by atoms with E-state index in [4.69, 9.17) is 0 Å². The Kier molecular flexibility index (Phi) is 1.85. The van der Waals surface area contributed by atoms with Crippen molar-refractivity contribution >= 4 is 32.9 Å². The molecule has 0 saturated heterocycles. The number of hydrogen-bond donors (Lipinski definition) is 0. The number of thiophene rings is 2. The molecule has 1 nitrogen and oxygen atoms in total. The van der Waals surface area contributed by atoms with Gasteiger partial charge in [-0.3, -0.25) is 0 Å². The molecule has 0 aromatic carbocycles. The minimum absolute atomic E-state index is 1.12. The van der Waals surface area contributed by atoms with Crippen LogP contribution in [0.3, 0.4) is 0 Å². The van der Waals surface area contributed by atoms with Crippen LogP contribution in [0, 0.1) is 0 Å². The fraction of sp³-hybridized carbons (Fsp3) is 0. The number of fused-ring (bicyclic) bond motifs is 1. The second-order valence-corrected chi connectivity index (χ2v) is 4.82. The normalized spacial score (nSPS) is 10.9. The lowest BCUT2D eigenvalue weighted by atomic mass is 10.1. The van der Waals surface area contributed by atoms with E-state index in [1.54, 1.807) is 22.7 Å².